The molecule has 2 heteroatoms. The van der Waals surface area contributed by atoms with Crippen LogP contribution in [0.4, 0.5) is 34.1 Å². The van der Waals surface area contributed by atoms with Crippen LogP contribution < -0.4 is 9.80 Å². The van der Waals surface area contributed by atoms with E-state index in [2.05, 4.69) is 265 Å². The van der Waals surface area contributed by atoms with Crippen molar-refractivity contribution < 1.29 is 0 Å². The Kier molecular flexibility index (Phi) is 9.69. The maximum absolute atomic E-state index is 2.66. The molecule has 1 heterocycles. The van der Waals surface area contributed by atoms with Crippen LogP contribution in [-0.4, -0.2) is 0 Å². The predicted octanol–water partition coefficient (Wildman–Crippen LogP) is 19.8. The third kappa shape index (κ3) is 6.56. The van der Waals surface area contributed by atoms with Gasteiger partial charge in [-0.3, -0.25) is 0 Å². The van der Waals surface area contributed by atoms with E-state index in [1.807, 2.05) is 0 Å². The molecule has 1 atom stereocenters. The average Bonchev–Trinajstić information content (AvgIpc) is 3.81. The maximum atomic E-state index is 2.66. The van der Waals surface area contributed by atoms with Crippen molar-refractivity contribution in [1.82, 2.24) is 0 Å². The van der Waals surface area contributed by atoms with Gasteiger partial charge in [-0.2, -0.15) is 0 Å². The number of benzene rings is 11. The number of hydrogen-bond donors (Lipinski definition) is 0. The molecule has 0 saturated carbocycles. The first-order valence-electron chi connectivity index (χ1n) is 26.8. The Balaban J connectivity index is 1.14. The van der Waals surface area contributed by atoms with Gasteiger partial charge in [0.15, 0.2) is 0 Å². The number of hydrogen-bond acceptors (Lipinski definition) is 2. The smallest absolute Gasteiger partial charge is 0.0543 e. The summed E-state index contributed by atoms with van der Waals surface area (Å²) in [6.07, 6.45) is 1.84. The molecule has 0 fully saturated rings. The summed E-state index contributed by atoms with van der Waals surface area (Å²) in [5.41, 5.74) is 24.2. The molecule has 1 unspecified atom stereocenters. The number of nitrogens with zero attached hydrogens (tertiary/aromatic N) is 2. The van der Waals surface area contributed by atoms with Gasteiger partial charge < -0.3 is 9.80 Å². The van der Waals surface area contributed by atoms with Gasteiger partial charge in [0.05, 0.1) is 11.4 Å². The molecule has 0 amide bonds. The van der Waals surface area contributed by atoms with Gasteiger partial charge in [-0.15, -0.1) is 0 Å². The highest BCUT2D eigenvalue weighted by molar-refractivity contribution is 6.27. The monoisotopic (exact) mass is 954 g/mol. The van der Waals surface area contributed by atoms with Crippen molar-refractivity contribution in [2.24, 2.45) is 0 Å². The van der Waals surface area contributed by atoms with Crippen LogP contribution in [0.2, 0.25) is 0 Å². The fourth-order valence-corrected chi connectivity index (χ4v) is 14.0. The van der Waals surface area contributed by atoms with Crippen molar-refractivity contribution in [2.45, 2.75) is 90.4 Å². The zero-order valence-electron chi connectivity index (χ0n) is 43.9. The van der Waals surface area contributed by atoms with E-state index in [4.69, 9.17) is 0 Å². The molecule has 0 aromatic heterocycles. The molecule has 3 aliphatic rings. The summed E-state index contributed by atoms with van der Waals surface area (Å²) in [4.78, 5) is 5.13. The Morgan fingerprint density at radius 2 is 1.00 bits per heavy atom. The Bertz CT molecular complexity index is 4070. The summed E-state index contributed by atoms with van der Waals surface area (Å²) in [5.74, 6) is 0.0576. The predicted molar refractivity (Wildman–Crippen MR) is 315 cm³/mol. The van der Waals surface area contributed by atoms with Crippen LogP contribution in [0.25, 0.3) is 54.6 Å². The summed E-state index contributed by atoms with van der Waals surface area (Å²) < 4.78 is 0. The Morgan fingerprint density at radius 1 is 0.432 bits per heavy atom. The number of rotatable bonds is 3. The first kappa shape index (κ1) is 44.7. The quantitative estimate of drug-likeness (QED) is 0.163. The molecule has 74 heavy (non-hydrogen) atoms. The summed E-state index contributed by atoms with van der Waals surface area (Å²) in [6, 6.07) is 77.6. The standard InChI is InChI=1S/C72H62N2/c1-44-29-34-49(35-30-44)73-50-18-13-17-45(39-50)31-36-53(57-23-15-24-58-54-21-9-11-26-62(54)71(5,6)68(57)58)61-43-65(60-38-33-47-41-48(70(2,3)4)40-46-32-37-56(61)67(60)66(46)47)74(52-20-14-19-51(73)42-52)64-28-16-25-59-55-22-10-12-27-63(55)72(7,8)69(59)64/h9-30,32-35,37-43,53H,31,36H2,1-8H3. The van der Waals surface area contributed by atoms with Crippen LogP contribution in [0, 0.1) is 6.92 Å². The second-order valence-electron chi connectivity index (χ2n) is 23.7. The van der Waals surface area contributed by atoms with Crippen molar-refractivity contribution in [1.29, 1.82) is 0 Å². The fraction of sp³-hybridized carbons (Fsp3) is 0.194. The van der Waals surface area contributed by atoms with E-state index in [9.17, 15) is 0 Å². The molecule has 2 nitrogen and oxygen atoms in total. The van der Waals surface area contributed by atoms with E-state index in [0.29, 0.717) is 0 Å². The van der Waals surface area contributed by atoms with E-state index in [0.717, 1.165) is 35.6 Å². The zero-order chi connectivity index (χ0) is 50.4. The summed E-state index contributed by atoms with van der Waals surface area (Å²) in [6.45, 7) is 19.0. The lowest BCUT2D eigenvalue weighted by molar-refractivity contribution is 0.591. The minimum atomic E-state index is -0.267. The molecular weight excluding hydrogens is 893 g/mol. The van der Waals surface area contributed by atoms with E-state index < -0.39 is 0 Å². The highest BCUT2D eigenvalue weighted by Gasteiger charge is 2.41. The molecule has 360 valence electrons. The molecule has 6 bridgehead atoms. The van der Waals surface area contributed by atoms with Crippen LogP contribution in [-0.2, 0) is 22.7 Å². The molecule has 0 spiro atoms. The first-order valence-corrected chi connectivity index (χ1v) is 26.8. The van der Waals surface area contributed by atoms with Crippen molar-refractivity contribution in [3.8, 4) is 22.3 Å². The van der Waals surface area contributed by atoms with Crippen LogP contribution in [0.1, 0.15) is 111 Å². The van der Waals surface area contributed by atoms with Crippen LogP contribution >= 0.6 is 0 Å². The fourth-order valence-electron chi connectivity index (χ4n) is 14.0. The van der Waals surface area contributed by atoms with Crippen molar-refractivity contribution in [3.63, 3.8) is 0 Å². The van der Waals surface area contributed by atoms with Gasteiger partial charge in [-0.25, -0.2) is 0 Å². The Labute approximate surface area is 436 Å². The molecule has 0 radical (unpaired) electrons. The number of aryl methyl sites for hydroxylation is 2. The van der Waals surface area contributed by atoms with Crippen molar-refractivity contribution >= 4 is 66.4 Å². The second-order valence-corrected chi connectivity index (χ2v) is 23.7. The van der Waals surface area contributed by atoms with Gasteiger partial charge in [0.2, 0.25) is 0 Å². The highest BCUT2D eigenvalue weighted by Crippen LogP contribution is 2.58. The van der Waals surface area contributed by atoms with Gasteiger partial charge in [0.1, 0.15) is 0 Å². The Hall–Kier alpha value is -7.94. The summed E-state index contributed by atoms with van der Waals surface area (Å²) in [5, 5.41) is 7.90. The van der Waals surface area contributed by atoms with Crippen LogP contribution in [0.15, 0.2) is 200 Å². The largest absolute Gasteiger partial charge is 0.310 e. The maximum Gasteiger partial charge on any atom is 0.0543 e. The van der Waals surface area contributed by atoms with Crippen molar-refractivity contribution in [3.05, 3.63) is 250 Å². The molecular formula is C72H62N2. The van der Waals surface area contributed by atoms with Gasteiger partial charge in [0, 0.05) is 44.9 Å². The Morgan fingerprint density at radius 3 is 1.69 bits per heavy atom. The molecule has 1 aliphatic heterocycles. The van der Waals surface area contributed by atoms with E-state index in [1.54, 1.807) is 0 Å². The van der Waals surface area contributed by atoms with Crippen molar-refractivity contribution in [2.75, 3.05) is 9.80 Å². The van der Waals surface area contributed by atoms with E-state index in [1.165, 1.54) is 116 Å². The minimum absolute atomic E-state index is 0.00142. The van der Waals surface area contributed by atoms with Gasteiger partial charge in [-0.05, 0) is 173 Å². The average molecular weight is 955 g/mol. The lowest BCUT2D eigenvalue weighted by Crippen LogP contribution is -2.22. The van der Waals surface area contributed by atoms with Gasteiger partial charge in [-0.1, -0.05) is 200 Å². The molecule has 14 rings (SSSR count). The SMILES string of the molecule is Cc1ccc(N2c3cccc(c3)CCC(c3cccc4c3C(C)(C)c3ccccc3-4)c3cc(c4ccc5cc(C(C)(C)C)cc6ccc3c4c65)N(c3cccc4c3C(C)(C)c3ccccc3-4)c3cccc2c3)cc1. The lowest BCUT2D eigenvalue weighted by Gasteiger charge is -2.36. The second kappa shape index (κ2) is 16.0. The molecule has 11 aromatic carbocycles. The zero-order valence-corrected chi connectivity index (χ0v) is 43.9. The van der Waals surface area contributed by atoms with Crippen LogP contribution in [0.3, 0.4) is 0 Å². The topological polar surface area (TPSA) is 6.48 Å². The van der Waals surface area contributed by atoms with E-state index >= 15 is 0 Å². The van der Waals surface area contributed by atoms with Gasteiger partial charge in [0.25, 0.3) is 0 Å². The third-order valence-electron chi connectivity index (χ3n) is 17.5. The molecule has 0 saturated heterocycles. The first-order chi connectivity index (χ1) is 35.8. The molecule has 2 aliphatic carbocycles. The third-order valence-corrected chi connectivity index (χ3v) is 17.5. The number of fused-ring (bicyclic) bond motifs is 14. The highest BCUT2D eigenvalue weighted by atomic mass is 15.2. The molecule has 0 N–H and O–H groups in total. The summed E-state index contributed by atoms with van der Waals surface area (Å²) in [7, 11) is 0. The lowest BCUT2D eigenvalue weighted by atomic mass is 9.73. The van der Waals surface area contributed by atoms with Crippen LogP contribution in [0.5, 0.6) is 0 Å². The molecule has 11 aromatic rings. The number of anilines is 6. The normalized spacial score (nSPS) is 16.3. The van der Waals surface area contributed by atoms with Gasteiger partial charge >= 0.3 is 0 Å². The summed E-state index contributed by atoms with van der Waals surface area (Å²) >= 11 is 0. The van der Waals surface area contributed by atoms with E-state index in [-0.39, 0.29) is 22.2 Å². The minimum Gasteiger partial charge on any atom is -0.310 e.